The Morgan fingerprint density at radius 3 is 2.43 bits per heavy atom. The second-order valence-electron chi connectivity index (χ2n) is 27.3. The molecule has 92 heavy (non-hydrogen) atoms. The number of nitrogens with zero attached hydrogens (tertiary/aromatic N) is 7. The first-order valence-corrected chi connectivity index (χ1v) is 34.7. The number of aromatic amines is 1. The summed E-state index contributed by atoms with van der Waals surface area (Å²) in [5, 5.41) is 16.8. The van der Waals surface area contributed by atoms with Crippen molar-refractivity contribution < 1.29 is 51.3 Å². The molecule has 2 aromatic heterocycles. The van der Waals surface area contributed by atoms with Gasteiger partial charge in [0.05, 0.1) is 77.9 Å². The first kappa shape index (κ1) is 60.8. The highest BCUT2D eigenvalue weighted by molar-refractivity contribution is 7.90. The molecule has 22 nitrogen and oxygen atoms in total. The van der Waals surface area contributed by atoms with Crippen LogP contribution in [0.15, 0.2) is 96.0 Å². The quantitative estimate of drug-likeness (QED) is 0.0642. The Balaban J connectivity index is 0.670. The van der Waals surface area contributed by atoms with Gasteiger partial charge in [-0.05, 0) is 150 Å². The normalized spacial score (nSPS) is 26.1. The van der Waals surface area contributed by atoms with Crippen molar-refractivity contribution in [1.82, 2.24) is 24.5 Å². The molecule has 0 radical (unpaired) electrons. The predicted octanol–water partition coefficient (Wildman–Crippen LogP) is 9.95. The summed E-state index contributed by atoms with van der Waals surface area (Å²) in [6.45, 7) is 15.4. The molecular weight excluding hydrogens is 1190 g/mol. The van der Waals surface area contributed by atoms with E-state index in [0.717, 1.165) is 138 Å². The van der Waals surface area contributed by atoms with E-state index >= 15 is 4.79 Å². The van der Waals surface area contributed by atoms with Crippen LogP contribution in [0.4, 0.5) is 34.1 Å². The predicted molar refractivity (Wildman–Crippen MR) is 349 cm³/mol. The molecule has 15 rings (SSSR count). The Hall–Kier alpha value is -7.41. The van der Waals surface area contributed by atoms with Crippen LogP contribution in [0.3, 0.4) is 0 Å². The maximum atomic E-state index is 15.0. The number of aromatic nitrogens is 2. The molecule has 1 amide bonds. The fourth-order valence-electron chi connectivity index (χ4n) is 16.4. The van der Waals surface area contributed by atoms with Crippen LogP contribution in [-0.2, 0) is 24.2 Å². The minimum absolute atomic E-state index is 0.0259. The average molecular weight is 1280 g/mol. The highest BCUT2D eigenvalue weighted by Crippen LogP contribution is 2.55. The average Bonchev–Trinajstić information content (AvgIpc) is 0.976. The number of pyridine rings is 1. The van der Waals surface area contributed by atoms with Crippen molar-refractivity contribution in [3.8, 4) is 23.1 Å². The van der Waals surface area contributed by atoms with E-state index in [1.54, 1.807) is 13.2 Å². The Labute approximate surface area is 537 Å². The van der Waals surface area contributed by atoms with E-state index in [0.29, 0.717) is 73.2 Å². The number of nitro groups is 1. The number of fused-ring (bicyclic) bond motifs is 4. The van der Waals surface area contributed by atoms with Crippen LogP contribution in [0.1, 0.15) is 112 Å². The number of sulfonamides is 1. The van der Waals surface area contributed by atoms with Gasteiger partial charge in [-0.2, -0.15) is 4.98 Å². The van der Waals surface area contributed by atoms with E-state index in [1.807, 2.05) is 30.5 Å². The molecule has 488 valence electrons. The van der Waals surface area contributed by atoms with Gasteiger partial charge in [0.15, 0.2) is 11.4 Å². The third-order valence-electron chi connectivity index (χ3n) is 21.5. The molecule has 0 unspecified atom stereocenters. The van der Waals surface area contributed by atoms with Crippen LogP contribution >= 0.6 is 0 Å². The van der Waals surface area contributed by atoms with E-state index in [9.17, 15) is 18.5 Å². The van der Waals surface area contributed by atoms with E-state index in [4.69, 9.17) is 38.1 Å². The van der Waals surface area contributed by atoms with Crippen molar-refractivity contribution >= 4 is 61.1 Å². The van der Waals surface area contributed by atoms with Crippen LogP contribution in [0, 0.1) is 21.4 Å². The summed E-state index contributed by atoms with van der Waals surface area (Å²) in [5.74, 6) is 2.04. The Bertz CT molecular complexity index is 3860. The van der Waals surface area contributed by atoms with Gasteiger partial charge in [-0.3, -0.25) is 24.7 Å². The molecule has 0 bridgehead atoms. The Morgan fingerprint density at radius 1 is 0.837 bits per heavy atom. The van der Waals surface area contributed by atoms with Gasteiger partial charge in [-0.25, -0.2) is 13.1 Å². The molecule has 7 aliphatic heterocycles. The summed E-state index contributed by atoms with van der Waals surface area (Å²) in [5.41, 5.74) is 6.35. The lowest BCUT2D eigenvalue weighted by molar-refractivity contribution is -0.384. The topological polar surface area (TPSA) is 228 Å². The summed E-state index contributed by atoms with van der Waals surface area (Å²) in [7, 11) is -2.94. The van der Waals surface area contributed by atoms with Gasteiger partial charge in [0.25, 0.3) is 21.6 Å². The van der Waals surface area contributed by atoms with E-state index in [-0.39, 0.29) is 65.8 Å². The number of H-pyrrole nitrogens is 1. The summed E-state index contributed by atoms with van der Waals surface area (Å²) >= 11 is 0. The standard InChI is InChI=1S/C69H84N10O12S/c1-42(2)90-61-8-6-5-7-52(61)60-38-75(49-29-47(30-49)45-9-12-55(62(32-45)85-4)76-24-28-88-39-43(76)3)22-23-77(60)50-36-69(37-50)17-20-74(21-18-69)48-10-11-53(57(33-48)78-56-16-27-87-41-64(56)91-68-59(78)31-46-13-19-70-66(46)72-68)67(80)73-92(83,84)51-34-58(79(81)82)65-63(35-51)89-40-54(71-65)44-14-25-86-26-15-44/h5-13,19,31-35,42-44,47,49-50,54,56,60,64,71H,14-18,20-30,36-41H2,1-4H3,(H,70,72)(H,73,80)/t43-,47?,49?,54-,56-,60-,64-/m0/s1. The van der Waals surface area contributed by atoms with Crippen LogP contribution in [-0.4, -0.2) is 174 Å². The summed E-state index contributed by atoms with van der Waals surface area (Å²) in [4.78, 5) is 47.1. The summed E-state index contributed by atoms with van der Waals surface area (Å²) in [6, 6.07) is 28.2. The van der Waals surface area contributed by atoms with E-state index < -0.39 is 37.5 Å². The second kappa shape index (κ2) is 24.8. The number of nitrogens with one attached hydrogen (secondary N) is 3. The maximum absolute atomic E-state index is 15.0. The molecule has 3 N–H and O–H groups in total. The van der Waals surface area contributed by atoms with Gasteiger partial charge < -0.3 is 58.2 Å². The number of ether oxygens (including phenoxy) is 7. The minimum Gasteiger partial charge on any atom is -0.495 e. The van der Waals surface area contributed by atoms with Crippen LogP contribution in [0.2, 0.25) is 0 Å². The molecular formula is C69H84N10O12S. The molecule has 5 saturated heterocycles. The van der Waals surface area contributed by atoms with Gasteiger partial charge in [0.1, 0.15) is 35.5 Å². The van der Waals surface area contributed by atoms with E-state index in [2.05, 4.69) is 103 Å². The van der Waals surface area contributed by atoms with Gasteiger partial charge in [-0.15, -0.1) is 0 Å². The van der Waals surface area contributed by atoms with E-state index in [1.165, 1.54) is 17.2 Å². The van der Waals surface area contributed by atoms with Crippen LogP contribution in [0.25, 0.3) is 11.0 Å². The fraction of sp³-hybridized carbons (Fsp3) is 0.536. The molecule has 5 atom stereocenters. The van der Waals surface area contributed by atoms with Crippen LogP contribution < -0.4 is 43.7 Å². The summed E-state index contributed by atoms with van der Waals surface area (Å²) < 4.78 is 73.9. The molecule has 1 spiro atoms. The van der Waals surface area contributed by atoms with Crippen molar-refractivity contribution in [3.63, 3.8) is 0 Å². The molecule has 9 heterocycles. The number of para-hydroxylation sites is 1. The molecule has 4 aromatic carbocycles. The van der Waals surface area contributed by atoms with Gasteiger partial charge in [-0.1, -0.05) is 24.3 Å². The maximum Gasteiger partial charge on any atom is 0.297 e. The lowest BCUT2D eigenvalue weighted by Gasteiger charge is -2.59. The Morgan fingerprint density at radius 2 is 1.64 bits per heavy atom. The highest BCUT2D eigenvalue weighted by Gasteiger charge is 2.52. The fourth-order valence-corrected chi connectivity index (χ4v) is 17.4. The molecule has 2 saturated carbocycles. The zero-order chi connectivity index (χ0) is 63.0. The first-order chi connectivity index (χ1) is 44.7. The number of hydrogen-bond donors (Lipinski definition) is 3. The second-order valence-corrected chi connectivity index (χ2v) is 29.0. The monoisotopic (exact) mass is 1280 g/mol. The number of piperidine rings is 1. The van der Waals surface area contributed by atoms with Crippen molar-refractivity contribution in [2.45, 2.75) is 138 Å². The Kier molecular flexibility index (Phi) is 16.4. The third kappa shape index (κ3) is 11.5. The number of morpholine rings is 1. The SMILES string of the molecule is COc1cc(C2CC(N3CCN(C4CC5(CCN(c6ccc(C(=O)NS(=O)(=O)c7cc8c(c([N+](=O)[O-])c7)N[C@H](C7CCOCC7)CO8)c(N7c8cc9cc[nH]c9nc8O[C@H]8COCC[C@@H]87)c6)CC5)C4)[C@H](c4ccccc4OC(C)C)C3)C2)ccc1N1CCOC[C@@H]1C. The van der Waals surface area contributed by atoms with Crippen LogP contribution in [0.5, 0.6) is 23.1 Å². The minimum atomic E-state index is -4.73. The van der Waals surface area contributed by atoms with Gasteiger partial charge >= 0.3 is 0 Å². The van der Waals surface area contributed by atoms with Crippen molar-refractivity contribution in [2.75, 3.05) is 113 Å². The smallest absolute Gasteiger partial charge is 0.297 e. The third-order valence-corrected chi connectivity index (χ3v) is 22.8. The van der Waals surface area contributed by atoms with Crippen molar-refractivity contribution in [3.05, 3.63) is 118 Å². The molecule has 9 aliphatic rings. The lowest BCUT2D eigenvalue weighted by Crippen LogP contribution is -2.61. The van der Waals surface area contributed by atoms with Crippen molar-refractivity contribution in [2.24, 2.45) is 11.3 Å². The zero-order valence-electron chi connectivity index (χ0n) is 52.9. The van der Waals surface area contributed by atoms with Crippen molar-refractivity contribution in [1.29, 1.82) is 0 Å². The zero-order valence-corrected chi connectivity index (χ0v) is 53.7. The number of amides is 1. The number of hydrogen-bond acceptors (Lipinski definition) is 19. The highest BCUT2D eigenvalue weighted by atomic mass is 32.2. The molecule has 7 fully saturated rings. The molecule has 6 aromatic rings. The molecule has 2 aliphatic carbocycles. The number of anilines is 5. The van der Waals surface area contributed by atoms with Gasteiger partial charge in [0.2, 0.25) is 5.88 Å². The number of rotatable bonds is 15. The molecule has 23 heteroatoms. The first-order valence-electron chi connectivity index (χ1n) is 33.2. The number of piperazine rings is 1. The number of nitro benzene ring substituents is 1. The number of carbonyl (C=O) groups is 1. The summed E-state index contributed by atoms with van der Waals surface area (Å²) in [6.07, 6.45) is 9.95. The largest absolute Gasteiger partial charge is 0.495 e. The van der Waals surface area contributed by atoms with Gasteiger partial charge in [0, 0.05) is 112 Å². The lowest BCUT2D eigenvalue weighted by atomic mass is 9.59. The number of benzene rings is 4. The number of methoxy groups -OCH3 is 1. The number of carbonyl (C=O) groups excluding carboxylic acids is 1.